The summed E-state index contributed by atoms with van der Waals surface area (Å²) in [6.45, 7) is 0.244. The molecule has 0 spiro atoms. The van der Waals surface area contributed by atoms with E-state index in [1.807, 2.05) is 0 Å². The van der Waals surface area contributed by atoms with E-state index in [1.165, 1.54) is 24.3 Å². The number of phenols is 1. The lowest BCUT2D eigenvalue weighted by atomic mass is 10.1. The maximum Gasteiger partial charge on any atom is 0.335 e. The molecule has 0 saturated heterocycles. The molecule has 0 aliphatic rings. The second kappa shape index (κ2) is 6.41. The van der Waals surface area contributed by atoms with Crippen molar-refractivity contribution in [3.8, 4) is 5.75 Å². The summed E-state index contributed by atoms with van der Waals surface area (Å²) in [5.41, 5.74) is 1.14. The molecule has 0 bridgehead atoms. The van der Waals surface area contributed by atoms with Crippen molar-refractivity contribution in [2.75, 3.05) is 0 Å². The number of hydrogen-bond acceptors (Lipinski definition) is 3. The summed E-state index contributed by atoms with van der Waals surface area (Å²) >= 11 is 3.20. The number of benzene rings is 2. The number of aromatic carboxylic acids is 1. The van der Waals surface area contributed by atoms with Crippen LogP contribution < -0.4 is 5.32 Å². The van der Waals surface area contributed by atoms with E-state index in [0.717, 1.165) is 5.56 Å². The summed E-state index contributed by atoms with van der Waals surface area (Å²) in [5.74, 6) is -1.50. The summed E-state index contributed by atoms with van der Waals surface area (Å²) in [7, 11) is 0. The fourth-order valence-corrected chi connectivity index (χ4v) is 2.09. The van der Waals surface area contributed by atoms with Crippen molar-refractivity contribution in [2.45, 2.75) is 6.54 Å². The van der Waals surface area contributed by atoms with Crippen LogP contribution in [0.25, 0.3) is 0 Å². The minimum absolute atomic E-state index is 0.108. The van der Waals surface area contributed by atoms with Crippen molar-refractivity contribution >= 4 is 27.8 Å². The highest BCUT2D eigenvalue weighted by Crippen LogP contribution is 2.22. The Morgan fingerprint density at radius 2 is 1.76 bits per heavy atom. The number of aromatic hydroxyl groups is 1. The van der Waals surface area contributed by atoms with Gasteiger partial charge in [-0.25, -0.2) is 4.79 Å². The average molecular weight is 350 g/mol. The summed E-state index contributed by atoms with van der Waals surface area (Å²) in [4.78, 5) is 22.7. The first-order chi connectivity index (χ1) is 9.97. The van der Waals surface area contributed by atoms with Gasteiger partial charge >= 0.3 is 5.97 Å². The molecule has 6 heteroatoms. The van der Waals surface area contributed by atoms with E-state index in [0.29, 0.717) is 4.47 Å². The Hall–Kier alpha value is -2.34. The highest BCUT2D eigenvalue weighted by molar-refractivity contribution is 9.10. The van der Waals surface area contributed by atoms with Crippen LogP contribution in [0.5, 0.6) is 5.75 Å². The van der Waals surface area contributed by atoms with Gasteiger partial charge in [-0.3, -0.25) is 4.79 Å². The smallest absolute Gasteiger partial charge is 0.335 e. The van der Waals surface area contributed by atoms with E-state index in [9.17, 15) is 14.7 Å². The van der Waals surface area contributed by atoms with Crippen LogP contribution >= 0.6 is 15.9 Å². The SMILES string of the molecule is O=C(O)c1ccc(CNC(=O)c2ccc(Br)cc2O)cc1. The van der Waals surface area contributed by atoms with Gasteiger partial charge in [0.05, 0.1) is 11.1 Å². The molecule has 0 aliphatic heterocycles. The van der Waals surface area contributed by atoms with E-state index >= 15 is 0 Å². The van der Waals surface area contributed by atoms with Gasteiger partial charge in [0.1, 0.15) is 5.75 Å². The number of carbonyl (C=O) groups excluding carboxylic acids is 1. The van der Waals surface area contributed by atoms with E-state index < -0.39 is 11.9 Å². The second-order valence-corrected chi connectivity index (χ2v) is 5.26. The third kappa shape index (κ3) is 3.82. The molecule has 0 radical (unpaired) electrons. The molecule has 108 valence electrons. The molecule has 0 aromatic heterocycles. The van der Waals surface area contributed by atoms with Crippen molar-refractivity contribution < 1.29 is 19.8 Å². The molecule has 2 rings (SSSR count). The van der Waals surface area contributed by atoms with Gasteiger partial charge in [0.25, 0.3) is 5.91 Å². The summed E-state index contributed by atoms with van der Waals surface area (Å²) in [6.07, 6.45) is 0. The van der Waals surface area contributed by atoms with E-state index in [2.05, 4.69) is 21.2 Å². The maximum absolute atomic E-state index is 11.9. The topological polar surface area (TPSA) is 86.6 Å². The van der Waals surface area contributed by atoms with Crippen LogP contribution in [0.15, 0.2) is 46.9 Å². The van der Waals surface area contributed by atoms with Crippen molar-refractivity contribution in [3.05, 3.63) is 63.6 Å². The van der Waals surface area contributed by atoms with Gasteiger partial charge in [-0.15, -0.1) is 0 Å². The van der Waals surface area contributed by atoms with Crippen LogP contribution in [0.3, 0.4) is 0 Å². The minimum atomic E-state index is -0.995. The van der Waals surface area contributed by atoms with Crippen LogP contribution in [0.2, 0.25) is 0 Å². The Morgan fingerprint density at radius 1 is 1.10 bits per heavy atom. The molecule has 0 fully saturated rings. The van der Waals surface area contributed by atoms with Gasteiger partial charge in [0.15, 0.2) is 0 Å². The lowest BCUT2D eigenvalue weighted by Gasteiger charge is -2.07. The molecule has 0 saturated carbocycles. The summed E-state index contributed by atoms with van der Waals surface area (Å²) in [5, 5.41) is 21.2. The minimum Gasteiger partial charge on any atom is -0.507 e. The van der Waals surface area contributed by atoms with Crippen molar-refractivity contribution in [1.29, 1.82) is 0 Å². The Balaban J connectivity index is 2.02. The second-order valence-electron chi connectivity index (χ2n) is 4.35. The predicted molar refractivity (Wildman–Crippen MR) is 80.4 cm³/mol. The molecule has 0 aliphatic carbocycles. The fourth-order valence-electron chi connectivity index (χ4n) is 1.74. The normalized spacial score (nSPS) is 10.1. The number of rotatable bonds is 4. The average Bonchev–Trinajstić information content (AvgIpc) is 2.45. The Morgan fingerprint density at radius 3 is 2.33 bits per heavy atom. The quantitative estimate of drug-likeness (QED) is 0.791. The molecule has 1 amide bonds. The third-order valence-corrected chi connectivity index (χ3v) is 3.35. The van der Waals surface area contributed by atoms with Crippen molar-refractivity contribution in [3.63, 3.8) is 0 Å². The molecule has 0 heterocycles. The van der Waals surface area contributed by atoms with Crippen LogP contribution in [-0.2, 0) is 6.54 Å². The lowest BCUT2D eigenvalue weighted by molar-refractivity contribution is 0.0696. The van der Waals surface area contributed by atoms with Crippen LogP contribution in [0, 0.1) is 0 Å². The summed E-state index contributed by atoms with van der Waals surface area (Å²) in [6, 6.07) is 10.8. The highest BCUT2D eigenvalue weighted by Gasteiger charge is 2.11. The zero-order chi connectivity index (χ0) is 15.4. The van der Waals surface area contributed by atoms with E-state index in [4.69, 9.17) is 5.11 Å². The number of amides is 1. The first kappa shape index (κ1) is 15.1. The fraction of sp³-hybridized carbons (Fsp3) is 0.0667. The lowest BCUT2D eigenvalue weighted by Crippen LogP contribution is -2.22. The molecular formula is C15H12BrNO4. The molecule has 5 nitrogen and oxygen atoms in total. The number of carboxylic acids is 1. The Kier molecular flexibility index (Phi) is 4.59. The Labute approximate surface area is 129 Å². The Bertz CT molecular complexity index is 683. The summed E-state index contributed by atoms with van der Waals surface area (Å²) < 4.78 is 0.681. The first-order valence-electron chi connectivity index (χ1n) is 6.06. The number of phenolic OH excluding ortho intramolecular Hbond substituents is 1. The zero-order valence-corrected chi connectivity index (χ0v) is 12.4. The van der Waals surface area contributed by atoms with Crippen LogP contribution in [0.1, 0.15) is 26.3 Å². The first-order valence-corrected chi connectivity index (χ1v) is 6.85. The van der Waals surface area contributed by atoms with Gasteiger partial charge in [-0.2, -0.15) is 0 Å². The number of hydrogen-bond donors (Lipinski definition) is 3. The van der Waals surface area contributed by atoms with E-state index in [-0.39, 0.29) is 23.4 Å². The number of carboxylic acid groups (broad SMARTS) is 1. The van der Waals surface area contributed by atoms with Crippen LogP contribution in [-0.4, -0.2) is 22.1 Å². The van der Waals surface area contributed by atoms with E-state index in [1.54, 1.807) is 18.2 Å². The molecule has 21 heavy (non-hydrogen) atoms. The zero-order valence-electron chi connectivity index (χ0n) is 10.8. The standard InChI is InChI=1S/C15H12BrNO4/c16-11-5-6-12(13(18)7-11)14(19)17-8-9-1-3-10(4-2-9)15(20)21/h1-7,18H,8H2,(H,17,19)(H,20,21). The number of halogens is 1. The number of nitrogens with one attached hydrogen (secondary N) is 1. The highest BCUT2D eigenvalue weighted by atomic mass is 79.9. The molecule has 2 aromatic rings. The van der Waals surface area contributed by atoms with Crippen molar-refractivity contribution in [1.82, 2.24) is 5.32 Å². The van der Waals surface area contributed by atoms with Gasteiger partial charge in [0.2, 0.25) is 0 Å². The molecule has 3 N–H and O–H groups in total. The maximum atomic E-state index is 11.9. The molecule has 0 unspecified atom stereocenters. The molecule has 2 aromatic carbocycles. The number of carbonyl (C=O) groups is 2. The van der Waals surface area contributed by atoms with Gasteiger partial charge in [0, 0.05) is 11.0 Å². The molecular weight excluding hydrogens is 338 g/mol. The largest absolute Gasteiger partial charge is 0.507 e. The van der Waals surface area contributed by atoms with Gasteiger partial charge in [-0.05, 0) is 35.9 Å². The third-order valence-electron chi connectivity index (χ3n) is 2.86. The van der Waals surface area contributed by atoms with Crippen LogP contribution in [0.4, 0.5) is 0 Å². The van der Waals surface area contributed by atoms with Crippen molar-refractivity contribution in [2.24, 2.45) is 0 Å². The van der Waals surface area contributed by atoms with Gasteiger partial charge in [-0.1, -0.05) is 28.1 Å². The monoisotopic (exact) mass is 349 g/mol. The molecule has 0 atom stereocenters. The predicted octanol–water partition coefficient (Wildman–Crippen LogP) is 2.78. The van der Waals surface area contributed by atoms with Gasteiger partial charge < -0.3 is 15.5 Å².